The van der Waals surface area contributed by atoms with Crippen molar-refractivity contribution in [3.8, 4) is 0 Å². The van der Waals surface area contributed by atoms with Gasteiger partial charge in [-0.05, 0) is 55.2 Å². The van der Waals surface area contributed by atoms with Crippen molar-refractivity contribution in [3.05, 3.63) is 143 Å². The molecule has 8 rings (SSSR count). The van der Waals surface area contributed by atoms with Crippen LogP contribution < -0.4 is 5.32 Å². The van der Waals surface area contributed by atoms with Crippen molar-refractivity contribution < 1.29 is 28.7 Å². The molecule has 6 aromatic rings. The van der Waals surface area contributed by atoms with E-state index in [0.29, 0.717) is 0 Å². The molecule has 11 nitrogen and oxygen atoms in total. The number of benzene rings is 4. The monoisotopic (exact) mass is 751 g/mol. The largest absolute Gasteiger partial charge is 0.459 e. The second-order valence-corrected chi connectivity index (χ2v) is 15.6. The van der Waals surface area contributed by atoms with Gasteiger partial charge in [0.25, 0.3) is 0 Å². The first-order valence-electron chi connectivity index (χ1n) is 19.0. The number of esters is 1. The highest BCUT2D eigenvalue weighted by Crippen LogP contribution is 2.35. The number of amides is 3. The number of aromatic amines is 2. The van der Waals surface area contributed by atoms with Crippen LogP contribution >= 0.6 is 0 Å². The van der Waals surface area contributed by atoms with Crippen LogP contribution in [0, 0.1) is 0 Å². The Morgan fingerprint density at radius 1 is 0.696 bits per heavy atom. The summed E-state index contributed by atoms with van der Waals surface area (Å²) >= 11 is 0. The van der Waals surface area contributed by atoms with Crippen LogP contribution in [0.5, 0.6) is 0 Å². The third kappa shape index (κ3) is 7.49. The predicted octanol–water partition coefficient (Wildman–Crippen LogP) is 6.74. The van der Waals surface area contributed by atoms with Gasteiger partial charge in [-0.2, -0.15) is 0 Å². The fourth-order valence-electron chi connectivity index (χ4n) is 7.95. The third-order valence-corrected chi connectivity index (χ3v) is 10.6. The van der Waals surface area contributed by atoms with E-state index < -0.39 is 41.7 Å². The second-order valence-electron chi connectivity index (χ2n) is 15.6. The molecule has 0 saturated carbocycles. The number of hydrogen-bond acceptors (Lipinski definition) is 6. The molecule has 4 aromatic carbocycles. The van der Waals surface area contributed by atoms with E-state index in [1.54, 1.807) is 25.7 Å². The van der Waals surface area contributed by atoms with Crippen molar-refractivity contribution in [2.24, 2.45) is 0 Å². The molecule has 2 aliphatic rings. The Labute approximate surface area is 325 Å². The Hall–Kier alpha value is -6.36. The fraction of sp³-hybridized carbons (Fsp3) is 0.289. The Morgan fingerprint density at radius 2 is 1.21 bits per heavy atom. The summed E-state index contributed by atoms with van der Waals surface area (Å²) < 4.78 is 11.6. The zero-order valence-corrected chi connectivity index (χ0v) is 31.7. The fourth-order valence-corrected chi connectivity index (χ4v) is 7.95. The molecule has 0 spiro atoms. The summed E-state index contributed by atoms with van der Waals surface area (Å²) in [6.07, 6.45) is 0.00136. The Kier molecular flexibility index (Phi) is 9.84. The van der Waals surface area contributed by atoms with Crippen LogP contribution in [-0.4, -0.2) is 67.4 Å². The first-order chi connectivity index (χ1) is 27.0. The second kappa shape index (κ2) is 15.1. The SMILES string of the molecule is CC(C)(C)OC(=O)N1Cc2[nH]c3ccccc3c2CC1C(=O)N1Cc2[nH]c3ccccc3c2C[C@H]1C(=O)N[C@H](Cc1ccccc1)C(=O)OCc1ccccc1. The number of nitrogens with one attached hydrogen (secondary N) is 3. The van der Waals surface area contributed by atoms with Gasteiger partial charge in [0.15, 0.2) is 0 Å². The lowest BCUT2D eigenvalue weighted by Gasteiger charge is -2.41. The number of rotatable bonds is 8. The van der Waals surface area contributed by atoms with E-state index in [9.17, 15) is 14.4 Å². The van der Waals surface area contributed by atoms with E-state index in [4.69, 9.17) is 9.47 Å². The molecule has 3 atom stereocenters. The van der Waals surface area contributed by atoms with Gasteiger partial charge in [0, 0.05) is 52.5 Å². The molecule has 2 aliphatic heterocycles. The van der Waals surface area contributed by atoms with Crippen LogP contribution in [0.25, 0.3) is 21.8 Å². The lowest BCUT2D eigenvalue weighted by molar-refractivity contribution is -0.151. The standard InChI is InChI=1S/C45H45N5O6/c1-45(2,3)56-44(54)50-26-38-33(31-19-11-13-21-35(31)47-38)24-40(50)42(52)49-25-37-32(30-18-10-12-20-34(30)46-37)23-39(49)41(51)48-36(22-28-14-6-4-7-15-28)43(53)55-27-29-16-8-5-9-17-29/h4-21,36,39-40,46-47H,22-27H2,1-3H3,(H,48,51)/t36-,39+,40?/m1/s1. The predicted molar refractivity (Wildman–Crippen MR) is 212 cm³/mol. The van der Waals surface area contributed by atoms with Gasteiger partial charge in [0.1, 0.15) is 30.3 Å². The Bertz CT molecular complexity index is 2410. The van der Waals surface area contributed by atoms with Gasteiger partial charge < -0.3 is 29.7 Å². The minimum Gasteiger partial charge on any atom is -0.459 e. The highest BCUT2D eigenvalue weighted by molar-refractivity contribution is 5.96. The van der Waals surface area contributed by atoms with E-state index in [1.807, 2.05) is 109 Å². The minimum atomic E-state index is -1.03. The van der Waals surface area contributed by atoms with E-state index in [2.05, 4.69) is 15.3 Å². The van der Waals surface area contributed by atoms with Gasteiger partial charge in [0.05, 0.1) is 13.1 Å². The van der Waals surface area contributed by atoms with Crippen LogP contribution in [0.15, 0.2) is 109 Å². The Morgan fingerprint density at radius 3 is 1.80 bits per heavy atom. The van der Waals surface area contributed by atoms with Gasteiger partial charge in [-0.25, -0.2) is 9.59 Å². The number of H-pyrrole nitrogens is 2. The van der Waals surface area contributed by atoms with Crippen molar-refractivity contribution in [1.29, 1.82) is 0 Å². The molecule has 2 aromatic heterocycles. The van der Waals surface area contributed by atoms with Crippen molar-refractivity contribution in [2.75, 3.05) is 0 Å². The summed E-state index contributed by atoms with van der Waals surface area (Å²) in [5.41, 5.74) is 6.21. The van der Waals surface area contributed by atoms with Crippen molar-refractivity contribution in [1.82, 2.24) is 25.1 Å². The smallest absolute Gasteiger partial charge is 0.411 e. The van der Waals surface area contributed by atoms with E-state index in [1.165, 1.54) is 4.90 Å². The first-order valence-corrected chi connectivity index (χ1v) is 19.0. The number of nitrogens with zero attached hydrogens (tertiary/aromatic N) is 2. The summed E-state index contributed by atoms with van der Waals surface area (Å²) in [5, 5.41) is 4.95. The molecule has 1 unspecified atom stereocenters. The number of para-hydroxylation sites is 2. The van der Waals surface area contributed by atoms with E-state index in [-0.39, 0.29) is 44.9 Å². The molecular weight excluding hydrogens is 707 g/mol. The highest BCUT2D eigenvalue weighted by Gasteiger charge is 2.45. The third-order valence-electron chi connectivity index (χ3n) is 10.6. The van der Waals surface area contributed by atoms with Crippen molar-refractivity contribution in [3.63, 3.8) is 0 Å². The number of aromatic nitrogens is 2. The molecule has 56 heavy (non-hydrogen) atoms. The van der Waals surface area contributed by atoms with Crippen LogP contribution in [0.3, 0.4) is 0 Å². The number of fused-ring (bicyclic) bond motifs is 6. The molecule has 0 bridgehead atoms. The highest BCUT2D eigenvalue weighted by atomic mass is 16.6. The number of carbonyl (C=O) groups is 4. The van der Waals surface area contributed by atoms with E-state index in [0.717, 1.165) is 55.4 Å². The average Bonchev–Trinajstić information content (AvgIpc) is 3.76. The van der Waals surface area contributed by atoms with Crippen molar-refractivity contribution >= 4 is 45.7 Å². The van der Waals surface area contributed by atoms with Crippen LogP contribution in [0.2, 0.25) is 0 Å². The summed E-state index contributed by atoms with van der Waals surface area (Å²) in [6, 6.07) is 31.5. The summed E-state index contributed by atoms with van der Waals surface area (Å²) in [7, 11) is 0. The summed E-state index contributed by atoms with van der Waals surface area (Å²) in [6.45, 7) is 5.65. The molecule has 3 N–H and O–H groups in total. The zero-order chi connectivity index (χ0) is 39.0. The quantitative estimate of drug-likeness (QED) is 0.148. The van der Waals surface area contributed by atoms with Gasteiger partial charge in [-0.1, -0.05) is 97.1 Å². The van der Waals surface area contributed by atoms with Crippen LogP contribution in [-0.2, 0) is 62.8 Å². The number of carbonyl (C=O) groups excluding carboxylic acids is 4. The molecule has 0 saturated heterocycles. The molecule has 11 heteroatoms. The maximum Gasteiger partial charge on any atom is 0.411 e. The van der Waals surface area contributed by atoms with Crippen LogP contribution in [0.4, 0.5) is 4.79 Å². The normalized spacial score (nSPS) is 17.2. The van der Waals surface area contributed by atoms with Gasteiger partial charge >= 0.3 is 12.1 Å². The first kappa shape index (κ1) is 36.6. The maximum absolute atomic E-state index is 15.2. The van der Waals surface area contributed by atoms with Gasteiger partial charge in [-0.3, -0.25) is 14.5 Å². The maximum atomic E-state index is 15.2. The molecular formula is C45H45N5O6. The number of hydrogen-bond donors (Lipinski definition) is 3. The molecule has 0 radical (unpaired) electrons. The zero-order valence-electron chi connectivity index (χ0n) is 31.7. The molecule has 3 amide bonds. The van der Waals surface area contributed by atoms with Gasteiger partial charge in [-0.15, -0.1) is 0 Å². The van der Waals surface area contributed by atoms with Gasteiger partial charge in [0.2, 0.25) is 11.8 Å². The minimum absolute atomic E-state index is 0.0472. The lowest BCUT2D eigenvalue weighted by atomic mass is 9.92. The van der Waals surface area contributed by atoms with Crippen molar-refractivity contribution in [2.45, 2.75) is 83.5 Å². The van der Waals surface area contributed by atoms with E-state index >= 15 is 4.79 Å². The molecule has 0 fully saturated rings. The van der Waals surface area contributed by atoms with Crippen LogP contribution in [0.1, 0.15) is 54.4 Å². The average molecular weight is 752 g/mol. The molecule has 286 valence electrons. The number of ether oxygens (including phenoxy) is 2. The Balaban J connectivity index is 1.14. The summed E-state index contributed by atoms with van der Waals surface area (Å²) in [5.74, 6) is -1.45. The lowest BCUT2D eigenvalue weighted by Crippen LogP contribution is -2.61. The summed E-state index contributed by atoms with van der Waals surface area (Å²) in [4.78, 5) is 67.6. The molecule has 0 aliphatic carbocycles. The topological polar surface area (TPSA) is 137 Å². The molecule has 4 heterocycles.